The lowest BCUT2D eigenvalue weighted by atomic mass is 10.4. The largest absolute Gasteiger partial charge is 0.451 e. The Labute approximate surface area is 120 Å². The number of anilines is 2. The number of hydrogen-bond donors (Lipinski definition) is 2. The Morgan fingerprint density at radius 3 is 2.57 bits per heavy atom. The summed E-state index contributed by atoms with van der Waals surface area (Å²) in [7, 11) is 2.95. The molecule has 0 aromatic carbocycles. The fourth-order valence-electron chi connectivity index (χ4n) is 1.50. The molecule has 2 N–H and O–H groups in total. The first kappa shape index (κ1) is 17.0. The number of nitrogens with zero attached hydrogens (tertiary/aromatic N) is 3. The van der Waals surface area contributed by atoms with Crippen LogP contribution in [0.4, 0.5) is 24.8 Å². The van der Waals surface area contributed by atoms with Crippen LogP contribution in [0, 0.1) is 0 Å². The van der Waals surface area contributed by atoms with Crippen LogP contribution in [0.5, 0.6) is 0 Å². The number of rotatable bonds is 6. The molecule has 9 heteroatoms. The fraction of sp³-hybridized carbons (Fsp3) is 0.583. The standard InChI is InChI=1S/C12H18F3N5O/c1-4-5-17-10(21)7-20(3)9-6-8(16-2)18-11(19-9)12(13,14)15/h6H,4-5,7H2,1-3H3,(H,17,21)(H,16,18,19). The summed E-state index contributed by atoms with van der Waals surface area (Å²) in [6.07, 6.45) is -3.86. The second kappa shape index (κ2) is 7.09. The van der Waals surface area contributed by atoms with Gasteiger partial charge in [-0.2, -0.15) is 13.2 Å². The molecular weight excluding hydrogens is 287 g/mol. The summed E-state index contributed by atoms with van der Waals surface area (Å²) >= 11 is 0. The normalized spacial score (nSPS) is 11.1. The van der Waals surface area contributed by atoms with Crippen LogP contribution in [0.15, 0.2) is 6.07 Å². The van der Waals surface area contributed by atoms with Crippen molar-refractivity contribution in [1.29, 1.82) is 0 Å². The van der Waals surface area contributed by atoms with Gasteiger partial charge in [-0.1, -0.05) is 6.92 Å². The third-order valence-corrected chi connectivity index (χ3v) is 2.57. The third kappa shape index (κ3) is 5.09. The highest BCUT2D eigenvalue weighted by Crippen LogP contribution is 2.28. The van der Waals surface area contributed by atoms with E-state index in [1.165, 1.54) is 25.1 Å². The maximum absolute atomic E-state index is 12.7. The van der Waals surface area contributed by atoms with Crippen LogP contribution < -0.4 is 15.5 Å². The smallest absolute Gasteiger partial charge is 0.373 e. The predicted octanol–water partition coefficient (Wildman–Crippen LogP) is 1.50. The van der Waals surface area contributed by atoms with Gasteiger partial charge in [0.25, 0.3) is 0 Å². The van der Waals surface area contributed by atoms with Crippen LogP contribution in [0.2, 0.25) is 0 Å². The molecule has 1 aromatic rings. The Hall–Kier alpha value is -2.06. The number of alkyl halides is 3. The number of halogens is 3. The number of carbonyl (C=O) groups excluding carboxylic acids is 1. The van der Waals surface area contributed by atoms with Gasteiger partial charge in [0.15, 0.2) is 0 Å². The first-order valence-corrected chi connectivity index (χ1v) is 6.39. The average Bonchev–Trinajstić information content (AvgIpc) is 2.43. The molecule has 1 aromatic heterocycles. The molecule has 6 nitrogen and oxygen atoms in total. The Balaban J connectivity index is 2.93. The Kier molecular flexibility index (Phi) is 5.74. The van der Waals surface area contributed by atoms with Crippen LogP contribution in [0.25, 0.3) is 0 Å². The molecule has 0 aliphatic heterocycles. The SMILES string of the molecule is CCCNC(=O)CN(C)c1cc(NC)nc(C(F)(F)F)n1. The van der Waals surface area contributed by atoms with Gasteiger partial charge in [0.1, 0.15) is 11.6 Å². The number of carbonyl (C=O) groups is 1. The van der Waals surface area contributed by atoms with Crippen LogP contribution in [-0.2, 0) is 11.0 Å². The van der Waals surface area contributed by atoms with E-state index in [-0.39, 0.29) is 24.1 Å². The van der Waals surface area contributed by atoms with E-state index in [4.69, 9.17) is 0 Å². The molecule has 1 heterocycles. The van der Waals surface area contributed by atoms with Gasteiger partial charge in [-0.25, -0.2) is 9.97 Å². The summed E-state index contributed by atoms with van der Waals surface area (Å²) < 4.78 is 38.2. The molecule has 21 heavy (non-hydrogen) atoms. The molecule has 0 radical (unpaired) electrons. The summed E-state index contributed by atoms with van der Waals surface area (Å²) in [6, 6.07) is 1.35. The van der Waals surface area contributed by atoms with Crippen molar-refractivity contribution < 1.29 is 18.0 Å². The van der Waals surface area contributed by atoms with Crippen molar-refractivity contribution in [2.75, 3.05) is 37.4 Å². The molecule has 1 amide bonds. The molecule has 0 spiro atoms. The van der Waals surface area contributed by atoms with Gasteiger partial charge in [-0.05, 0) is 6.42 Å². The minimum Gasteiger partial charge on any atom is -0.373 e. The maximum atomic E-state index is 12.7. The van der Waals surface area contributed by atoms with Crippen molar-refractivity contribution in [3.8, 4) is 0 Å². The Morgan fingerprint density at radius 1 is 1.38 bits per heavy atom. The fourth-order valence-corrected chi connectivity index (χ4v) is 1.50. The zero-order valence-corrected chi connectivity index (χ0v) is 12.1. The average molecular weight is 305 g/mol. The van der Waals surface area contributed by atoms with Crippen molar-refractivity contribution in [3.05, 3.63) is 11.9 Å². The van der Waals surface area contributed by atoms with E-state index in [1.807, 2.05) is 6.92 Å². The van der Waals surface area contributed by atoms with E-state index < -0.39 is 12.0 Å². The lowest BCUT2D eigenvalue weighted by molar-refractivity contribution is -0.144. The minimum absolute atomic E-state index is 0.0216. The highest BCUT2D eigenvalue weighted by atomic mass is 19.4. The summed E-state index contributed by atoms with van der Waals surface area (Å²) in [5.74, 6) is -1.47. The third-order valence-electron chi connectivity index (χ3n) is 2.57. The number of amides is 1. The summed E-state index contributed by atoms with van der Waals surface area (Å²) in [5, 5.41) is 5.19. The van der Waals surface area contributed by atoms with E-state index in [0.717, 1.165) is 6.42 Å². The van der Waals surface area contributed by atoms with E-state index in [2.05, 4.69) is 20.6 Å². The van der Waals surface area contributed by atoms with Crippen LogP contribution in [0.3, 0.4) is 0 Å². The maximum Gasteiger partial charge on any atom is 0.451 e. The molecular formula is C12H18F3N5O. The lowest BCUT2D eigenvalue weighted by Crippen LogP contribution is -2.36. The van der Waals surface area contributed by atoms with Gasteiger partial charge in [0.2, 0.25) is 11.7 Å². The topological polar surface area (TPSA) is 70.2 Å². The number of nitrogens with one attached hydrogen (secondary N) is 2. The van der Waals surface area contributed by atoms with Crippen molar-refractivity contribution in [3.63, 3.8) is 0 Å². The van der Waals surface area contributed by atoms with Gasteiger partial charge in [-0.3, -0.25) is 4.79 Å². The molecule has 0 saturated heterocycles. The highest BCUT2D eigenvalue weighted by molar-refractivity contribution is 5.80. The van der Waals surface area contributed by atoms with Crippen molar-refractivity contribution in [2.45, 2.75) is 19.5 Å². The quantitative estimate of drug-likeness (QED) is 0.833. The van der Waals surface area contributed by atoms with Gasteiger partial charge in [-0.15, -0.1) is 0 Å². The second-order valence-electron chi connectivity index (χ2n) is 4.39. The Morgan fingerprint density at radius 2 is 2.05 bits per heavy atom. The molecule has 118 valence electrons. The molecule has 0 atom stereocenters. The lowest BCUT2D eigenvalue weighted by Gasteiger charge is -2.19. The van der Waals surface area contributed by atoms with Crippen molar-refractivity contribution in [1.82, 2.24) is 15.3 Å². The van der Waals surface area contributed by atoms with E-state index in [0.29, 0.717) is 6.54 Å². The second-order valence-corrected chi connectivity index (χ2v) is 4.39. The number of aromatic nitrogens is 2. The van der Waals surface area contributed by atoms with Gasteiger partial charge in [0.05, 0.1) is 6.54 Å². The van der Waals surface area contributed by atoms with Gasteiger partial charge >= 0.3 is 6.18 Å². The molecule has 0 unspecified atom stereocenters. The number of hydrogen-bond acceptors (Lipinski definition) is 5. The summed E-state index contributed by atoms with van der Waals surface area (Å²) in [4.78, 5) is 19.7. The highest BCUT2D eigenvalue weighted by Gasteiger charge is 2.35. The van der Waals surface area contributed by atoms with Crippen molar-refractivity contribution >= 4 is 17.5 Å². The van der Waals surface area contributed by atoms with E-state index in [1.54, 1.807) is 0 Å². The molecule has 1 rings (SSSR count). The van der Waals surface area contributed by atoms with Gasteiger partial charge in [0, 0.05) is 26.7 Å². The van der Waals surface area contributed by atoms with E-state index in [9.17, 15) is 18.0 Å². The van der Waals surface area contributed by atoms with Crippen LogP contribution >= 0.6 is 0 Å². The zero-order valence-electron chi connectivity index (χ0n) is 12.1. The number of likely N-dealkylation sites (N-methyl/N-ethyl adjacent to an activating group) is 1. The van der Waals surface area contributed by atoms with Crippen molar-refractivity contribution in [2.24, 2.45) is 0 Å². The molecule has 0 bridgehead atoms. The molecule has 0 fully saturated rings. The first-order chi connectivity index (χ1) is 9.77. The molecule has 0 aliphatic rings. The first-order valence-electron chi connectivity index (χ1n) is 6.39. The molecule has 0 saturated carbocycles. The predicted molar refractivity (Wildman–Crippen MR) is 73.2 cm³/mol. The summed E-state index contributed by atoms with van der Waals surface area (Å²) in [6.45, 7) is 2.34. The van der Waals surface area contributed by atoms with Crippen LogP contribution in [-0.4, -0.2) is 43.1 Å². The Bertz CT molecular complexity index is 492. The van der Waals surface area contributed by atoms with E-state index >= 15 is 0 Å². The van der Waals surface area contributed by atoms with Crippen LogP contribution in [0.1, 0.15) is 19.2 Å². The van der Waals surface area contributed by atoms with Gasteiger partial charge < -0.3 is 15.5 Å². The zero-order chi connectivity index (χ0) is 16.0. The minimum atomic E-state index is -4.65. The monoisotopic (exact) mass is 305 g/mol. The summed E-state index contributed by atoms with van der Waals surface area (Å²) in [5.41, 5.74) is 0. The molecule has 0 aliphatic carbocycles.